The van der Waals surface area contributed by atoms with Crippen molar-refractivity contribution in [3.8, 4) is 0 Å². The summed E-state index contributed by atoms with van der Waals surface area (Å²) in [4.78, 5) is 0. The molecule has 0 aliphatic carbocycles. The molecule has 86 valence electrons. The average Bonchev–Trinajstić information content (AvgIpc) is 2.01. The molecule has 1 aromatic carbocycles. The zero-order chi connectivity index (χ0) is 11.9. The van der Waals surface area contributed by atoms with Crippen LogP contribution < -0.4 is 0 Å². The van der Waals surface area contributed by atoms with E-state index in [4.69, 9.17) is 11.1 Å². The van der Waals surface area contributed by atoms with Gasteiger partial charge in [0.25, 0.3) is 0 Å². The Hall–Kier alpha value is -0.226. The minimum atomic E-state index is -4.66. The van der Waals surface area contributed by atoms with Gasteiger partial charge in [0.15, 0.2) is 0 Å². The topological polar surface area (TPSA) is 69.9 Å². The first-order chi connectivity index (χ1) is 6.81. The molecule has 0 saturated heterocycles. The fourth-order valence-electron chi connectivity index (χ4n) is 0.851. The predicted molar refractivity (Wildman–Crippen MR) is 54.1 cm³/mol. The van der Waals surface area contributed by atoms with Gasteiger partial charge in [0.2, 0.25) is 0 Å². The van der Waals surface area contributed by atoms with Crippen molar-refractivity contribution in [1.82, 2.24) is 0 Å². The molecule has 0 aliphatic rings. The van der Waals surface area contributed by atoms with Crippen LogP contribution in [0, 0.1) is 6.92 Å². The van der Waals surface area contributed by atoms with E-state index < -0.39 is 18.1 Å². The minimum absolute atomic E-state index is 0.324. The summed E-state index contributed by atoms with van der Waals surface area (Å²) >= 11 is -4.66. The predicted octanol–water partition coefficient (Wildman–Crippen LogP) is 1.20. The van der Waals surface area contributed by atoms with Gasteiger partial charge in [-0.05, 0) is 6.92 Å². The maximum atomic E-state index is 8.26. The maximum absolute atomic E-state index is 8.26. The van der Waals surface area contributed by atoms with E-state index in [9.17, 15) is 0 Å². The first-order valence-electron chi connectivity index (χ1n) is 4.68. The van der Waals surface area contributed by atoms with Crippen molar-refractivity contribution < 1.29 is 32.5 Å². The fourth-order valence-corrected chi connectivity index (χ4v) is 1.84. The molecular formula is C10H18O4Ti. The normalized spacial score (nSPS) is 10.9. The molecular weight excluding hydrogens is 232 g/mol. The second kappa shape index (κ2) is 7.11. The van der Waals surface area contributed by atoms with Gasteiger partial charge in [0.1, 0.15) is 0 Å². The molecule has 0 spiro atoms. The van der Waals surface area contributed by atoms with Crippen LogP contribution >= 0.6 is 0 Å². The summed E-state index contributed by atoms with van der Waals surface area (Å²) in [5.74, 6) is 0. The molecule has 0 bridgehead atoms. The summed E-state index contributed by atoms with van der Waals surface area (Å²) in [6.45, 7) is 5.31. The molecule has 15 heavy (non-hydrogen) atoms. The molecule has 0 aromatic heterocycles. The van der Waals surface area contributed by atoms with Crippen LogP contribution in [0.25, 0.3) is 0 Å². The van der Waals surface area contributed by atoms with Crippen LogP contribution in [0.3, 0.4) is 0 Å². The molecule has 0 unspecified atom stereocenters. The Morgan fingerprint density at radius 1 is 1.07 bits per heavy atom. The van der Waals surface area contributed by atoms with Crippen LogP contribution in [0.1, 0.15) is 19.4 Å². The van der Waals surface area contributed by atoms with E-state index in [1.807, 2.05) is 18.2 Å². The van der Waals surface area contributed by atoms with Crippen LogP contribution in [0.2, 0.25) is 0 Å². The summed E-state index contributed by atoms with van der Waals surface area (Å²) in [5.41, 5.74) is 1.32. The zero-order valence-corrected chi connectivity index (χ0v) is 10.8. The summed E-state index contributed by atoms with van der Waals surface area (Å²) in [6.07, 6.45) is -0.324. The standard InChI is InChI=1S/C7H8.C3H7O.3H2O.Ti/c1-7-5-3-2-4-6-7;1-3(2)4;;;;/h2-6H,1H3;3H,1-2H3;3*1H2;/q;-1;;;;+4/p-3. The summed E-state index contributed by atoms with van der Waals surface area (Å²) < 4.78 is 29.1. The van der Waals surface area contributed by atoms with E-state index in [0.717, 1.165) is 0 Å². The van der Waals surface area contributed by atoms with E-state index in [1.165, 1.54) is 5.56 Å². The second-order valence-electron chi connectivity index (χ2n) is 3.40. The van der Waals surface area contributed by atoms with E-state index in [-0.39, 0.29) is 6.10 Å². The van der Waals surface area contributed by atoms with Crippen molar-refractivity contribution >= 4 is 0 Å². The van der Waals surface area contributed by atoms with Crippen LogP contribution in [-0.4, -0.2) is 17.2 Å². The third-order valence-electron chi connectivity index (χ3n) is 1.33. The van der Waals surface area contributed by atoms with Gasteiger partial charge >= 0.3 is 52.5 Å². The van der Waals surface area contributed by atoms with Gasteiger partial charge < -0.3 is 0 Å². The van der Waals surface area contributed by atoms with Gasteiger partial charge in [0.05, 0.1) is 0 Å². The first kappa shape index (κ1) is 14.8. The van der Waals surface area contributed by atoms with Crippen LogP contribution in [0.5, 0.6) is 0 Å². The fraction of sp³-hybridized carbons (Fsp3) is 0.400. The molecule has 0 amide bonds. The van der Waals surface area contributed by atoms with Crippen molar-refractivity contribution in [2.24, 2.45) is 0 Å². The molecule has 3 N–H and O–H groups in total. The molecule has 5 heteroatoms. The summed E-state index contributed by atoms with van der Waals surface area (Å²) in [5, 5.41) is 0. The zero-order valence-electron chi connectivity index (χ0n) is 9.21. The number of hydrogen-bond donors (Lipinski definition) is 3. The Labute approximate surface area is 95.4 Å². The minimum Gasteiger partial charge on any atom is -0.0622 e. The van der Waals surface area contributed by atoms with Crippen LogP contribution in [0.15, 0.2) is 30.3 Å². The average molecular weight is 250 g/mol. The summed E-state index contributed by atoms with van der Waals surface area (Å²) in [7, 11) is 0. The molecule has 0 saturated carbocycles. The van der Waals surface area contributed by atoms with Gasteiger partial charge in [-0.1, -0.05) is 35.9 Å². The monoisotopic (exact) mass is 250 g/mol. The van der Waals surface area contributed by atoms with Crippen molar-refractivity contribution in [3.63, 3.8) is 0 Å². The SMILES string of the molecule is CC(C)[O][Ti]([OH])([OH])[OH].Cc1ccccc1. The van der Waals surface area contributed by atoms with Crippen molar-refractivity contribution in [1.29, 1.82) is 0 Å². The van der Waals surface area contributed by atoms with Crippen molar-refractivity contribution in [3.05, 3.63) is 35.9 Å². The van der Waals surface area contributed by atoms with E-state index in [2.05, 4.69) is 22.4 Å². The quantitative estimate of drug-likeness (QED) is 0.690. The van der Waals surface area contributed by atoms with E-state index in [1.54, 1.807) is 13.8 Å². The van der Waals surface area contributed by atoms with Gasteiger partial charge in [-0.15, -0.1) is 0 Å². The van der Waals surface area contributed by atoms with Gasteiger partial charge in [-0.3, -0.25) is 0 Å². The Morgan fingerprint density at radius 3 is 1.67 bits per heavy atom. The van der Waals surface area contributed by atoms with Crippen LogP contribution in [0.4, 0.5) is 0 Å². The number of hydrogen-bond acceptors (Lipinski definition) is 4. The number of aryl methyl sites for hydroxylation is 1. The summed E-state index contributed by atoms with van der Waals surface area (Å²) in [6, 6.07) is 10.3. The molecule has 0 radical (unpaired) electrons. The van der Waals surface area contributed by atoms with Crippen molar-refractivity contribution in [2.75, 3.05) is 0 Å². The molecule has 1 aromatic rings. The third kappa shape index (κ3) is 11.7. The maximum Gasteiger partial charge on any atom is -0.0398 e. The molecule has 4 nitrogen and oxygen atoms in total. The largest absolute Gasteiger partial charge is 0.0622 e. The van der Waals surface area contributed by atoms with Gasteiger partial charge in [-0.25, -0.2) is 0 Å². The Balaban J connectivity index is 0.000000262. The number of rotatable bonds is 2. The molecule has 1 rings (SSSR count). The Bertz CT molecular complexity index is 256. The first-order valence-corrected chi connectivity index (χ1v) is 7.41. The Morgan fingerprint density at radius 2 is 1.53 bits per heavy atom. The van der Waals surface area contributed by atoms with E-state index >= 15 is 0 Å². The molecule has 0 atom stereocenters. The molecule has 0 aliphatic heterocycles. The number of benzene rings is 1. The van der Waals surface area contributed by atoms with Crippen molar-refractivity contribution in [2.45, 2.75) is 26.9 Å². The van der Waals surface area contributed by atoms with Crippen LogP contribution in [-0.2, 0) is 21.5 Å². The van der Waals surface area contributed by atoms with Gasteiger partial charge in [-0.2, -0.15) is 0 Å². The molecule has 0 fully saturated rings. The molecule has 0 heterocycles. The third-order valence-corrected chi connectivity index (χ3v) is 2.56. The van der Waals surface area contributed by atoms with Gasteiger partial charge in [0, 0.05) is 0 Å². The van der Waals surface area contributed by atoms with E-state index in [0.29, 0.717) is 0 Å². The Kier molecular flexibility index (Phi) is 7.01. The smallest absolute Gasteiger partial charge is 0.0398 e. The second-order valence-corrected chi connectivity index (χ2v) is 5.56.